The summed E-state index contributed by atoms with van der Waals surface area (Å²) in [5, 5.41) is 9.94. The first kappa shape index (κ1) is 17.9. The molecule has 0 amide bonds. The Balaban J connectivity index is 1.63. The molecule has 3 aliphatic rings. The van der Waals surface area contributed by atoms with Crippen molar-refractivity contribution in [2.24, 2.45) is 11.7 Å². The van der Waals surface area contributed by atoms with Crippen LogP contribution < -0.4 is 16.1 Å². The summed E-state index contributed by atoms with van der Waals surface area (Å²) in [7, 11) is 0. The van der Waals surface area contributed by atoms with Crippen LogP contribution in [0.5, 0.6) is 0 Å². The average Bonchev–Trinajstić information content (AvgIpc) is 3.52. The van der Waals surface area contributed by atoms with E-state index in [9.17, 15) is 19.1 Å². The highest BCUT2D eigenvalue weighted by Gasteiger charge is 2.48. The minimum atomic E-state index is -1.32. The molecule has 2 aliphatic carbocycles. The van der Waals surface area contributed by atoms with Crippen LogP contribution in [0.25, 0.3) is 10.9 Å². The van der Waals surface area contributed by atoms with Gasteiger partial charge in [0.1, 0.15) is 11.7 Å². The molecule has 0 spiro atoms. The first-order valence-corrected chi connectivity index (χ1v) is 9.96. The second-order valence-corrected chi connectivity index (χ2v) is 8.74. The number of hydrogen-bond acceptors (Lipinski definition) is 4. The smallest absolute Gasteiger partial charge is 0.341 e. The van der Waals surface area contributed by atoms with E-state index in [2.05, 4.69) is 4.90 Å². The zero-order valence-corrected chi connectivity index (χ0v) is 16.0. The summed E-state index contributed by atoms with van der Waals surface area (Å²) < 4.78 is 15.4. The van der Waals surface area contributed by atoms with E-state index in [1.807, 2.05) is 0 Å². The maximum atomic E-state index is 13.8. The summed E-state index contributed by atoms with van der Waals surface area (Å²) in [5.41, 5.74) is 6.54. The third-order valence-corrected chi connectivity index (χ3v) is 6.92. The number of carbonyl (C=O) groups is 1. The third-order valence-electron chi connectivity index (χ3n) is 6.55. The predicted molar refractivity (Wildman–Crippen MR) is 105 cm³/mol. The van der Waals surface area contributed by atoms with E-state index in [-0.39, 0.29) is 16.5 Å². The standard InChI is InChI=1S/C20H21ClFN3O3/c21-16-14(24-6-3-10(8-24)20(23)4-5-20)2-1-11-17(16)25(15-7-13(15)22)9-12(18(11)26)19(27)28/h1-2,9-10,13,15H,3-8,23H2,(H,27,28). The number of fused-ring (bicyclic) bond motifs is 1. The summed E-state index contributed by atoms with van der Waals surface area (Å²) >= 11 is 6.73. The summed E-state index contributed by atoms with van der Waals surface area (Å²) in [6.07, 6.45) is 3.56. The molecule has 2 saturated carbocycles. The van der Waals surface area contributed by atoms with Crippen molar-refractivity contribution in [1.29, 1.82) is 0 Å². The lowest BCUT2D eigenvalue weighted by molar-refractivity contribution is 0.0694. The predicted octanol–water partition coefficient (Wildman–Crippen LogP) is 2.95. The molecule has 8 heteroatoms. The van der Waals surface area contributed by atoms with Gasteiger partial charge in [0.25, 0.3) is 0 Å². The largest absolute Gasteiger partial charge is 0.477 e. The van der Waals surface area contributed by atoms with Crippen molar-refractivity contribution in [2.45, 2.75) is 43.4 Å². The molecule has 0 radical (unpaired) electrons. The first-order valence-electron chi connectivity index (χ1n) is 9.59. The Morgan fingerprint density at radius 1 is 1.36 bits per heavy atom. The molecule has 6 nitrogen and oxygen atoms in total. The molecule has 1 aliphatic heterocycles. The molecule has 1 saturated heterocycles. The van der Waals surface area contributed by atoms with E-state index in [1.165, 1.54) is 10.8 Å². The lowest BCUT2D eigenvalue weighted by Crippen LogP contribution is -2.34. The van der Waals surface area contributed by atoms with Gasteiger partial charge in [0, 0.05) is 36.6 Å². The summed E-state index contributed by atoms with van der Waals surface area (Å²) in [6, 6.07) is 2.89. The fourth-order valence-electron chi connectivity index (χ4n) is 4.50. The zero-order chi connectivity index (χ0) is 19.8. The summed E-state index contributed by atoms with van der Waals surface area (Å²) in [6.45, 7) is 1.62. The number of hydrogen-bond donors (Lipinski definition) is 2. The van der Waals surface area contributed by atoms with Crippen LogP contribution in [0, 0.1) is 5.92 Å². The quantitative estimate of drug-likeness (QED) is 0.816. The Morgan fingerprint density at radius 3 is 2.68 bits per heavy atom. The van der Waals surface area contributed by atoms with Gasteiger partial charge in [-0.05, 0) is 37.3 Å². The zero-order valence-electron chi connectivity index (χ0n) is 15.2. The lowest BCUT2D eigenvalue weighted by atomic mass is 9.97. The molecule has 5 rings (SSSR count). The molecule has 3 fully saturated rings. The molecule has 148 valence electrons. The van der Waals surface area contributed by atoms with E-state index in [0.717, 1.165) is 38.0 Å². The number of alkyl halides is 1. The van der Waals surface area contributed by atoms with Gasteiger partial charge in [-0.1, -0.05) is 11.6 Å². The van der Waals surface area contributed by atoms with Crippen LogP contribution in [0.15, 0.2) is 23.1 Å². The molecule has 3 N–H and O–H groups in total. The molecular formula is C20H21ClFN3O3. The number of rotatable bonds is 4. The average molecular weight is 406 g/mol. The summed E-state index contributed by atoms with van der Waals surface area (Å²) in [4.78, 5) is 26.3. The van der Waals surface area contributed by atoms with Crippen LogP contribution in [-0.4, -0.2) is 40.4 Å². The van der Waals surface area contributed by atoms with E-state index >= 15 is 0 Å². The van der Waals surface area contributed by atoms with Crippen LogP contribution >= 0.6 is 11.6 Å². The fraction of sp³-hybridized carbons (Fsp3) is 0.500. The van der Waals surface area contributed by atoms with Crippen LogP contribution in [0.4, 0.5) is 10.1 Å². The van der Waals surface area contributed by atoms with Crippen LogP contribution in [-0.2, 0) is 0 Å². The Morgan fingerprint density at radius 2 is 2.07 bits per heavy atom. The Hall–Kier alpha value is -2.12. The molecule has 28 heavy (non-hydrogen) atoms. The number of anilines is 1. The van der Waals surface area contributed by atoms with Crippen LogP contribution in [0.1, 0.15) is 42.1 Å². The minimum absolute atomic E-state index is 0.0635. The number of nitrogens with zero attached hydrogens (tertiary/aromatic N) is 2. The molecule has 2 aromatic rings. The van der Waals surface area contributed by atoms with Gasteiger partial charge in [0.2, 0.25) is 5.43 Å². The number of nitrogens with two attached hydrogens (primary N) is 1. The second kappa shape index (κ2) is 5.94. The fourth-order valence-corrected chi connectivity index (χ4v) is 4.88. The van der Waals surface area contributed by atoms with Gasteiger partial charge >= 0.3 is 5.97 Å². The molecule has 3 atom stereocenters. The van der Waals surface area contributed by atoms with Gasteiger partial charge in [0.05, 0.1) is 22.3 Å². The Bertz CT molecular complexity index is 1060. The van der Waals surface area contributed by atoms with Crippen LogP contribution in [0.2, 0.25) is 5.02 Å². The minimum Gasteiger partial charge on any atom is -0.477 e. The van der Waals surface area contributed by atoms with Crippen molar-refractivity contribution >= 4 is 34.2 Å². The van der Waals surface area contributed by atoms with Crippen molar-refractivity contribution in [2.75, 3.05) is 18.0 Å². The van der Waals surface area contributed by atoms with Crippen LogP contribution in [0.3, 0.4) is 0 Å². The molecule has 2 heterocycles. The van der Waals surface area contributed by atoms with E-state index < -0.39 is 23.6 Å². The number of carboxylic acid groups (broad SMARTS) is 1. The topological polar surface area (TPSA) is 88.6 Å². The monoisotopic (exact) mass is 405 g/mol. The van der Waals surface area contributed by atoms with Crippen molar-refractivity contribution in [1.82, 2.24) is 4.57 Å². The number of carboxylic acids is 1. The SMILES string of the molecule is NC1(C2CCN(c3ccc4c(=O)c(C(=O)O)cn(C5CC5F)c4c3Cl)C2)CC1. The number of halogens is 2. The molecule has 1 aromatic heterocycles. The molecule has 0 bridgehead atoms. The van der Waals surface area contributed by atoms with Gasteiger partial charge in [-0.3, -0.25) is 4.79 Å². The number of aromatic carboxylic acids is 1. The maximum absolute atomic E-state index is 13.8. The van der Waals surface area contributed by atoms with Gasteiger partial charge < -0.3 is 20.3 Å². The third kappa shape index (κ3) is 2.63. The first-order chi connectivity index (χ1) is 13.3. The Labute approximate surface area is 165 Å². The summed E-state index contributed by atoms with van der Waals surface area (Å²) in [5.74, 6) is -0.911. The Kier molecular flexibility index (Phi) is 3.81. The van der Waals surface area contributed by atoms with Gasteiger partial charge in [0.15, 0.2) is 0 Å². The maximum Gasteiger partial charge on any atom is 0.341 e. The highest BCUT2D eigenvalue weighted by Crippen LogP contribution is 2.47. The highest BCUT2D eigenvalue weighted by atomic mass is 35.5. The van der Waals surface area contributed by atoms with Crippen molar-refractivity contribution in [3.63, 3.8) is 0 Å². The molecule has 1 aromatic carbocycles. The van der Waals surface area contributed by atoms with Gasteiger partial charge in [-0.15, -0.1) is 0 Å². The number of benzene rings is 1. The number of aromatic nitrogens is 1. The van der Waals surface area contributed by atoms with Crippen molar-refractivity contribution in [3.8, 4) is 0 Å². The normalized spacial score (nSPS) is 28.0. The van der Waals surface area contributed by atoms with Gasteiger partial charge in [-0.2, -0.15) is 0 Å². The molecular weight excluding hydrogens is 385 g/mol. The van der Waals surface area contributed by atoms with Gasteiger partial charge in [-0.25, -0.2) is 9.18 Å². The van der Waals surface area contributed by atoms with E-state index in [4.69, 9.17) is 17.3 Å². The van der Waals surface area contributed by atoms with Crippen molar-refractivity contribution in [3.05, 3.63) is 39.1 Å². The molecule has 3 unspecified atom stereocenters. The van der Waals surface area contributed by atoms with E-state index in [1.54, 1.807) is 12.1 Å². The number of pyridine rings is 1. The van der Waals surface area contributed by atoms with E-state index in [0.29, 0.717) is 22.9 Å². The second-order valence-electron chi connectivity index (χ2n) is 8.36. The van der Waals surface area contributed by atoms with Crippen molar-refractivity contribution < 1.29 is 14.3 Å². The lowest BCUT2D eigenvalue weighted by Gasteiger charge is -2.24. The highest BCUT2D eigenvalue weighted by molar-refractivity contribution is 6.38.